The zero-order valence-electron chi connectivity index (χ0n) is 13.5. The summed E-state index contributed by atoms with van der Waals surface area (Å²) in [6, 6.07) is 12.4. The van der Waals surface area contributed by atoms with Crippen LogP contribution in [0.4, 0.5) is 5.69 Å². The van der Waals surface area contributed by atoms with E-state index in [0.29, 0.717) is 33.7 Å². The van der Waals surface area contributed by atoms with Crippen molar-refractivity contribution in [3.05, 3.63) is 58.5 Å². The molecule has 25 heavy (non-hydrogen) atoms. The van der Waals surface area contributed by atoms with Crippen molar-refractivity contribution in [1.29, 1.82) is 0 Å². The molecule has 0 radical (unpaired) electrons. The summed E-state index contributed by atoms with van der Waals surface area (Å²) >= 11 is 0. The van der Waals surface area contributed by atoms with Crippen molar-refractivity contribution >= 4 is 22.4 Å². The molecule has 7 heteroatoms. The number of fused-ring (bicyclic) bond motifs is 2. The molecule has 2 aromatic carbocycles. The van der Waals surface area contributed by atoms with Gasteiger partial charge in [0.1, 0.15) is 0 Å². The number of anilines is 1. The van der Waals surface area contributed by atoms with Crippen LogP contribution in [0.5, 0.6) is 11.5 Å². The van der Waals surface area contributed by atoms with Gasteiger partial charge in [-0.1, -0.05) is 18.2 Å². The molecule has 4 rings (SSSR count). The third-order valence-electron chi connectivity index (χ3n) is 4.02. The molecule has 2 heterocycles. The van der Waals surface area contributed by atoms with Crippen LogP contribution in [0.2, 0.25) is 0 Å². The molecule has 0 unspecified atom stereocenters. The van der Waals surface area contributed by atoms with Gasteiger partial charge < -0.3 is 14.8 Å². The van der Waals surface area contributed by atoms with Crippen molar-refractivity contribution in [2.24, 2.45) is 7.05 Å². The van der Waals surface area contributed by atoms with Crippen LogP contribution in [-0.4, -0.2) is 22.5 Å². The van der Waals surface area contributed by atoms with Gasteiger partial charge in [0.05, 0.1) is 17.5 Å². The minimum Gasteiger partial charge on any atom is -0.454 e. The number of aromatic nitrogens is 2. The second-order valence-electron chi connectivity index (χ2n) is 5.71. The number of benzene rings is 2. The van der Waals surface area contributed by atoms with E-state index in [2.05, 4.69) is 10.4 Å². The van der Waals surface area contributed by atoms with Gasteiger partial charge in [0, 0.05) is 24.2 Å². The molecule has 126 valence electrons. The topological polar surface area (TPSA) is 82.5 Å². The van der Waals surface area contributed by atoms with Gasteiger partial charge in [0.15, 0.2) is 11.5 Å². The van der Waals surface area contributed by atoms with E-state index in [0.717, 1.165) is 0 Å². The highest BCUT2D eigenvalue weighted by Gasteiger charge is 2.16. The molecule has 1 N–H and O–H groups in total. The summed E-state index contributed by atoms with van der Waals surface area (Å²) in [4.78, 5) is 24.6. The van der Waals surface area contributed by atoms with Crippen LogP contribution in [0.3, 0.4) is 0 Å². The molecule has 0 aliphatic carbocycles. The average molecular weight is 337 g/mol. The van der Waals surface area contributed by atoms with Crippen LogP contribution in [0.15, 0.2) is 47.3 Å². The van der Waals surface area contributed by atoms with Crippen molar-refractivity contribution in [2.45, 2.75) is 6.42 Å². The van der Waals surface area contributed by atoms with Crippen LogP contribution in [0.1, 0.15) is 5.69 Å². The van der Waals surface area contributed by atoms with Crippen LogP contribution >= 0.6 is 0 Å². The molecule has 1 aliphatic rings. The van der Waals surface area contributed by atoms with Gasteiger partial charge in [-0.3, -0.25) is 9.59 Å². The lowest BCUT2D eigenvalue weighted by molar-refractivity contribution is -0.115. The van der Waals surface area contributed by atoms with Gasteiger partial charge in [-0.2, -0.15) is 5.10 Å². The van der Waals surface area contributed by atoms with E-state index >= 15 is 0 Å². The third kappa shape index (κ3) is 2.80. The normalized spacial score (nSPS) is 12.4. The Morgan fingerprint density at radius 3 is 2.76 bits per heavy atom. The Bertz CT molecular complexity index is 1040. The molecule has 0 bridgehead atoms. The summed E-state index contributed by atoms with van der Waals surface area (Å²) in [6.07, 6.45) is 0.0586. The van der Waals surface area contributed by atoms with Crippen LogP contribution in [0, 0.1) is 0 Å². The number of ether oxygens (including phenoxy) is 2. The summed E-state index contributed by atoms with van der Waals surface area (Å²) in [5.41, 5.74) is 0.981. The van der Waals surface area contributed by atoms with Crippen molar-refractivity contribution in [3.8, 4) is 11.5 Å². The standard InChI is InChI=1S/C18H15N3O4/c1-21-18(23)13-5-3-2-4-12(13)14(20-21)9-17(22)19-11-6-7-15-16(8-11)25-10-24-15/h2-8H,9-10H2,1H3,(H,19,22). The SMILES string of the molecule is Cn1nc(CC(=O)Nc2ccc3c(c2)OCO3)c2ccccc2c1=O. The minimum atomic E-state index is -0.227. The number of hydrogen-bond donors (Lipinski definition) is 1. The van der Waals surface area contributed by atoms with Gasteiger partial charge in [-0.15, -0.1) is 0 Å². The number of amides is 1. The molecule has 0 saturated heterocycles. The van der Waals surface area contributed by atoms with Crippen molar-refractivity contribution < 1.29 is 14.3 Å². The molecule has 0 saturated carbocycles. The predicted molar refractivity (Wildman–Crippen MR) is 91.9 cm³/mol. The number of carbonyl (C=O) groups excluding carboxylic acids is 1. The van der Waals surface area contributed by atoms with Gasteiger partial charge in [0.2, 0.25) is 12.7 Å². The highest BCUT2D eigenvalue weighted by Crippen LogP contribution is 2.34. The Morgan fingerprint density at radius 2 is 1.92 bits per heavy atom. The molecule has 0 fully saturated rings. The zero-order valence-corrected chi connectivity index (χ0v) is 13.5. The van der Waals surface area contributed by atoms with E-state index in [9.17, 15) is 9.59 Å². The maximum atomic E-state index is 12.4. The Hall–Kier alpha value is -3.35. The number of nitrogens with one attached hydrogen (secondary N) is 1. The van der Waals surface area contributed by atoms with E-state index < -0.39 is 0 Å². The summed E-state index contributed by atoms with van der Waals surface area (Å²) < 4.78 is 11.8. The lowest BCUT2D eigenvalue weighted by atomic mass is 10.1. The molecule has 3 aromatic rings. The Kier molecular flexibility index (Phi) is 3.61. The fraction of sp³-hybridized carbons (Fsp3) is 0.167. The molecule has 1 aromatic heterocycles. The average Bonchev–Trinajstić information content (AvgIpc) is 3.07. The fourth-order valence-corrected chi connectivity index (χ4v) is 2.84. The molecular formula is C18H15N3O4. The number of carbonyl (C=O) groups is 1. The van der Waals surface area contributed by atoms with Gasteiger partial charge in [-0.25, -0.2) is 4.68 Å². The summed E-state index contributed by atoms with van der Waals surface area (Å²) in [5.74, 6) is 1.03. The first-order chi connectivity index (χ1) is 12.1. The van der Waals surface area contributed by atoms with Gasteiger partial charge in [0.25, 0.3) is 5.56 Å². The minimum absolute atomic E-state index is 0.0586. The Labute approximate surface area is 142 Å². The number of rotatable bonds is 3. The quantitative estimate of drug-likeness (QED) is 0.789. The highest BCUT2D eigenvalue weighted by molar-refractivity contribution is 5.95. The first-order valence-electron chi connectivity index (χ1n) is 7.76. The fourth-order valence-electron chi connectivity index (χ4n) is 2.84. The Balaban J connectivity index is 1.60. The van der Waals surface area contributed by atoms with Crippen LogP contribution < -0.4 is 20.3 Å². The van der Waals surface area contributed by atoms with E-state index in [4.69, 9.17) is 9.47 Å². The summed E-state index contributed by atoms with van der Waals surface area (Å²) in [7, 11) is 1.58. The number of aryl methyl sites for hydroxylation is 1. The maximum absolute atomic E-state index is 12.4. The van der Waals surface area contributed by atoms with Crippen molar-refractivity contribution in [3.63, 3.8) is 0 Å². The largest absolute Gasteiger partial charge is 0.454 e. The Morgan fingerprint density at radius 1 is 1.16 bits per heavy atom. The monoisotopic (exact) mass is 337 g/mol. The first kappa shape index (κ1) is 15.2. The van der Waals surface area contributed by atoms with E-state index in [1.165, 1.54) is 4.68 Å². The number of nitrogens with zero attached hydrogens (tertiary/aromatic N) is 2. The molecule has 7 nitrogen and oxygen atoms in total. The van der Waals surface area contributed by atoms with Gasteiger partial charge >= 0.3 is 0 Å². The molecule has 1 amide bonds. The third-order valence-corrected chi connectivity index (χ3v) is 4.02. The zero-order chi connectivity index (χ0) is 17.4. The van der Waals surface area contributed by atoms with Crippen molar-refractivity contribution in [2.75, 3.05) is 12.1 Å². The summed E-state index contributed by atoms with van der Waals surface area (Å²) in [6.45, 7) is 0.181. The van der Waals surface area contributed by atoms with Crippen LogP contribution in [-0.2, 0) is 18.3 Å². The molecule has 0 spiro atoms. The number of hydrogen-bond acceptors (Lipinski definition) is 5. The molecule has 0 atom stereocenters. The van der Waals surface area contributed by atoms with Crippen LogP contribution in [0.25, 0.3) is 10.8 Å². The highest BCUT2D eigenvalue weighted by atomic mass is 16.7. The van der Waals surface area contributed by atoms with Crippen molar-refractivity contribution in [1.82, 2.24) is 9.78 Å². The lowest BCUT2D eigenvalue weighted by Gasteiger charge is -2.09. The van der Waals surface area contributed by atoms with E-state index in [-0.39, 0.29) is 24.7 Å². The van der Waals surface area contributed by atoms with E-state index in [1.807, 2.05) is 6.07 Å². The maximum Gasteiger partial charge on any atom is 0.274 e. The second kappa shape index (κ2) is 5.94. The first-order valence-corrected chi connectivity index (χ1v) is 7.76. The van der Waals surface area contributed by atoms with E-state index in [1.54, 1.807) is 43.4 Å². The second-order valence-corrected chi connectivity index (χ2v) is 5.71. The van der Waals surface area contributed by atoms with Gasteiger partial charge in [-0.05, 0) is 18.2 Å². The molecular weight excluding hydrogens is 322 g/mol. The summed E-state index contributed by atoms with van der Waals surface area (Å²) in [5, 5.41) is 8.29. The molecule has 1 aliphatic heterocycles. The smallest absolute Gasteiger partial charge is 0.274 e. The predicted octanol–water partition coefficient (Wildman–Crippen LogP) is 1.84. The lowest BCUT2D eigenvalue weighted by Crippen LogP contribution is -2.24.